The predicted octanol–water partition coefficient (Wildman–Crippen LogP) is 6.28. The van der Waals surface area contributed by atoms with Gasteiger partial charge in [0.1, 0.15) is 0 Å². The molecule has 5 nitrogen and oxygen atoms in total. The fraction of sp³-hybridized carbons (Fsp3) is 0.300. The van der Waals surface area contributed by atoms with E-state index >= 15 is 0 Å². The first-order valence-corrected chi connectivity index (χ1v) is 9.95. The van der Waals surface area contributed by atoms with Gasteiger partial charge in [-0.2, -0.15) is 0 Å². The molecule has 3 rings (SSSR count). The molecule has 3 amide bonds. The molecule has 1 aliphatic carbocycles. The molecule has 0 spiro atoms. The summed E-state index contributed by atoms with van der Waals surface area (Å²) < 4.78 is 32.8. The molecule has 1 unspecified atom stereocenters. The summed E-state index contributed by atoms with van der Waals surface area (Å²) in [6.07, 6.45) is 0. The van der Waals surface area contributed by atoms with Gasteiger partial charge in [0.15, 0.2) is 5.75 Å². The lowest BCUT2D eigenvalue weighted by molar-refractivity contribution is 0.0608. The Morgan fingerprint density at radius 2 is 1.63 bits per heavy atom. The van der Waals surface area contributed by atoms with Gasteiger partial charge >= 0.3 is 6.03 Å². The summed E-state index contributed by atoms with van der Waals surface area (Å²) in [5.41, 5.74) is -0.840. The fourth-order valence-electron chi connectivity index (χ4n) is 2.99. The summed E-state index contributed by atoms with van der Waals surface area (Å²) in [4.78, 5) is 24.2. The Hall–Kier alpha value is -2.09. The van der Waals surface area contributed by atoms with Crippen LogP contribution in [0.4, 0.5) is 19.3 Å². The van der Waals surface area contributed by atoms with Gasteiger partial charge in [-0.05, 0) is 24.3 Å². The number of urea groups is 1. The van der Waals surface area contributed by atoms with E-state index in [0.29, 0.717) is 0 Å². The van der Waals surface area contributed by atoms with E-state index in [4.69, 9.17) is 39.5 Å². The number of rotatable bonds is 5. The summed E-state index contributed by atoms with van der Waals surface area (Å²) in [6.45, 7) is 2.67. The number of carbonyl (C=O) groups excluding carboxylic acids is 2. The molecule has 0 radical (unpaired) electrons. The van der Waals surface area contributed by atoms with E-state index in [2.05, 4.69) is 10.6 Å². The monoisotopic (exact) mass is 476 g/mol. The summed E-state index contributed by atoms with van der Waals surface area (Å²) in [5.74, 6) is -4.42. The SMILES string of the molecule is CC1(C)C(COc2c(Cl)cc(NC(=O)NC(=O)c3ccccc3Cl)cc2Cl)C1(F)F. The quantitative estimate of drug-likeness (QED) is 0.533. The number of nitrogens with one attached hydrogen (secondary N) is 2. The van der Waals surface area contributed by atoms with Crippen LogP contribution in [0.2, 0.25) is 15.1 Å². The lowest BCUT2D eigenvalue weighted by Crippen LogP contribution is -2.34. The third-order valence-corrected chi connectivity index (χ3v) is 5.97. The van der Waals surface area contributed by atoms with E-state index in [-0.39, 0.29) is 38.7 Å². The normalized spacial score (nSPS) is 18.4. The van der Waals surface area contributed by atoms with Gasteiger partial charge in [0.05, 0.1) is 33.2 Å². The minimum Gasteiger partial charge on any atom is -0.490 e. The lowest BCUT2D eigenvalue weighted by Gasteiger charge is -2.13. The molecule has 160 valence electrons. The Morgan fingerprint density at radius 3 is 2.17 bits per heavy atom. The van der Waals surface area contributed by atoms with Crippen LogP contribution in [0.3, 0.4) is 0 Å². The van der Waals surface area contributed by atoms with Crippen LogP contribution in [0, 0.1) is 11.3 Å². The highest BCUT2D eigenvalue weighted by molar-refractivity contribution is 6.37. The summed E-state index contributed by atoms with van der Waals surface area (Å²) in [7, 11) is 0. The number of alkyl halides is 2. The molecule has 0 aliphatic heterocycles. The first kappa shape index (κ1) is 22.6. The Morgan fingerprint density at radius 1 is 1.07 bits per heavy atom. The molecule has 1 saturated carbocycles. The van der Waals surface area contributed by atoms with Crippen molar-refractivity contribution in [3.63, 3.8) is 0 Å². The molecule has 2 aromatic rings. The van der Waals surface area contributed by atoms with Gasteiger partial charge in [-0.3, -0.25) is 10.1 Å². The van der Waals surface area contributed by atoms with Crippen molar-refractivity contribution in [1.82, 2.24) is 5.32 Å². The number of ether oxygens (including phenoxy) is 1. The number of anilines is 1. The maximum atomic E-state index is 13.7. The topological polar surface area (TPSA) is 67.4 Å². The van der Waals surface area contributed by atoms with Crippen molar-refractivity contribution in [2.24, 2.45) is 11.3 Å². The van der Waals surface area contributed by atoms with Crippen molar-refractivity contribution in [3.8, 4) is 5.75 Å². The number of imide groups is 1. The molecule has 10 heteroatoms. The van der Waals surface area contributed by atoms with E-state index in [9.17, 15) is 18.4 Å². The van der Waals surface area contributed by atoms with Crippen LogP contribution < -0.4 is 15.4 Å². The standard InChI is InChI=1S/C20H17Cl3F2N2O3/c1-19(2)15(20(19,24)25)9-30-16-13(22)7-10(8-14(16)23)26-18(29)27-17(28)11-5-3-4-6-12(11)21/h3-8,15H,9H2,1-2H3,(H2,26,27,28,29). The second-order valence-corrected chi connectivity index (χ2v) is 8.59. The Balaban J connectivity index is 1.63. The molecule has 1 atom stereocenters. The van der Waals surface area contributed by atoms with Crippen LogP contribution in [0.5, 0.6) is 5.75 Å². The smallest absolute Gasteiger partial charge is 0.326 e. The molecular formula is C20H17Cl3F2N2O3. The molecule has 0 saturated heterocycles. The van der Waals surface area contributed by atoms with E-state index in [1.54, 1.807) is 12.1 Å². The Kier molecular flexibility index (Phi) is 6.18. The molecule has 1 aliphatic rings. The minimum atomic E-state index is -2.82. The zero-order valence-corrected chi connectivity index (χ0v) is 18.1. The number of hydrogen-bond acceptors (Lipinski definition) is 3. The fourth-order valence-corrected chi connectivity index (χ4v) is 3.80. The van der Waals surface area contributed by atoms with Crippen molar-refractivity contribution in [2.75, 3.05) is 11.9 Å². The number of amides is 3. The van der Waals surface area contributed by atoms with Crippen molar-refractivity contribution in [3.05, 3.63) is 57.0 Å². The van der Waals surface area contributed by atoms with Gasteiger partial charge in [-0.1, -0.05) is 60.8 Å². The van der Waals surface area contributed by atoms with Gasteiger partial charge in [0.2, 0.25) is 0 Å². The molecule has 0 heterocycles. The van der Waals surface area contributed by atoms with Crippen molar-refractivity contribution < 1.29 is 23.1 Å². The first-order valence-electron chi connectivity index (χ1n) is 8.81. The first-order chi connectivity index (χ1) is 13.9. The van der Waals surface area contributed by atoms with Gasteiger partial charge in [0.25, 0.3) is 11.8 Å². The summed E-state index contributed by atoms with van der Waals surface area (Å²) in [6, 6.07) is 8.08. The van der Waals surface area contributed by atoms with Crippen LogP contribution in [-0.4, -0.2) is 24.5 Å². The Bertz CT molecular complexity index is 978. The molecule has 1 fully saturated rings. The zero-order valence-electron chi connectivity index (χ0n) is 15.9. The molecule has 2 aromatic carbocycles. The molecular weight excluding hydrogens is 461 g/mol. The average Bonchev–Trinajstić information content (AvgIpc) is 3.02. The number of hydrogen-bond donors (Lipinski definition) is 2. The summed E-state index contributed by atoms with van der Waals surface area (Å²) in [5, 5.41) is 4.79. The van der Waals surface area contributed by atoms with Gasteiger partial charge in [-0.25, -0.2) is 13.6 Å². The lowest BCUT2D eigenvalue weighted by atomic mass is 10.1. The van der Waals surface area contributed by atoms with Gasteiger partial charge in [0, 0.05) is 11.1 Å². The largest absolute Gasteiger partial charge is 0.490 e. The van der Waals surface area contributed by atoms with Crippen molar-refractivity contribution >= 4 is 52.4 Å². The number of carbonyl (C=O) groups is 2. The third-order valence-electron chi connectivity index (χ3n) is 5.08. The molecule has 0 bridgehead atoms. The highest BCUT2D eigenvalue weighted by atomic mass is 35.5. The van der Waals surface area contributed by atoms with Crippen LogP contribution >= 0.6 is 34.8 Å². The third kappa shape index (κ3) is 4.33. The second-order valence-electron chi connectivity index (χ2n) is 7.37. The number of benzene rings is 2. The predicted molar refractivity (Wildman–Crippen MR) is 112 cm³/mol. The van der Waals surface area contributed by atoms with Gasteiger partial charge < -0.3 is 10.1 Å². The van der Waals surface area contributed by atoms with Crippen molar-refractivity contribution in [1.29, 1.82) is 0 Å². The number of halogens is 5. The van der Waals surface area contributed by atoms with Crippen LogP contribution in [0.1, 0.15) is 24.2 Å². The van der Waals surface area contributed by atoms with E-state index < -0.39 is 29.2 Å². The Labute approximate surface area is 186 Å². The minimum absolute atomic E-state index is 0.0250. The van der Waals surface area contributed by atoms with Crippen LogP contribution in [0.25, 0.3) is 0 Å². The van der Waals surface area contributed by atoms with Crippen LogP contribution in [-0.2, 0) is 0 Å². The molecule has 30 heavy (non-hydrogen) atoms. The van der Waals surface area contributed by atoms with Gasteiger partial charge in [-0.15, -0.1) is 0 Å². The average molecular weight is 478 g/mol. The van der Waals surface area contributed by atoms with Crippen LogP contribution in [0.15, 0.2) is 36.4 Å². The van der Waals surface area contributed by atoms with E-state index in [1.165, 1.54) is 38.1 Å². The highest BCUT2D eigenvalue weighted by Crippen LogP contribution is 2.65. The summed E-state index contributed by atoms with van der Waals surface area (Å²) >= 11 is 18.2. The molecule has 0 aromatic heterocycles. The maximum Gasteiger partial charge on any atom is 0.326 e. The van der Waals surface area contributed by atoms with Crippen molar-refractivity contribution in [2.45, 2.75) is 19.8 Å². The zero-order chi connectivity index (χ0) is 22.3. The maximum absolute atomic E-state index is 13.7. The van der Waals surface area contributed by atoms with E-state index in [1.807, 2.05) is 0 Å². The second kappa shape index (κ2) is 8.21. The van der Waals surface area contributed by atoms with E-state index in [0.717, 1.165) is 0 Å². The molecule has 2 N–H and O–H groups in total. The highest BCUT2D eigenvalue weighted by Gasteiger charge is 2.75.